The summed E-state index contributed by atoms with van der Waals surface area (Å²) in [6.07, 6.45) is 1.64. The number of rotatable bonds is 4. The predicted molar refractivity (Wildman–Crippen MR) is 68.5 cm³/mol. The Morgan fingerprint density at radius 2 is 2.17 bits per heavy atom. The largest absolute Gasteiger partial charge is 0.340 e. The second kappa shape index (κ2) is 5.24. The van der Waals surface area contributed by atoms with E-state index in [0.717, 1.165) is 5.56 Å². The molecular formula is C12H12N4O2. The normalized spacial score (nSPS) is 10.1. The summed E-state index contributed by atoms with van der Waals surface area (Å²) >= 11 is 0. The van der Waals surface area contributed by atoms with E-state index >= 15 is 0 Å². The summed E-state index contributed by atoms with van der Waals surface area (Å²) in [5.41, 5.74) is 7.09. The molecule has 0 fully saturated rings. The number of hydrogen-bond donors (Lipinski definition) is 2. The van der Waals surface area contributed by atoms with E-state index in [1.807, 2.05) is 6.07 Å². The molecule has 0 amide bonds. The molecule has 2 rings (SSSR count). The van der Waals surface area contributed by atoms with Crippen LogP contribution in [0.1, 0.15) is 5.56 Å². The molecule has 0 radical (unpaired) electrons. The summed E-state index contributed by atoms with van der Waals surface area (Å²) in [7, 11) is 0. The molecule has 2 aromatic rings. The summed E-state index contributed by atoms with van der Waals surface area (Å²) in [5, 5.41) is 13.7. The molecule has 3 N–H and O–H groups in total. The first-order valence-electron chi connectivity index (χ1n) is 5.36. The summed E-state index contributed by atoms with van der Waals surface area (Å²) in [6.45, 7) is 0.352. The average molecular weight is 244 g/mol. The monoisotopic (exact) mass is 244 g/mol. The average Bonchev–Trinajstić information content (AvgIpc) is 2.39. The number of non-ortho nitro benzene ring substituents is 1. The molecule has 1 heterocycles. The predicted octanol–water partition coefficient (Wildman–Crippen LogP) is 2.19. The maximum absolute atomic E-state index is 10.7. The molecule has 0 saturated carbocycles. The van der Waals surface area contributed by atoms with Crippen molar-refractivity contribution in [1.82, 2.24) is 4.98 Å². The number of pyridine rings is 1. The zero-order valence-corrected chi connectivity index (χ0v) is 9.54. The van der Waals surface area contributed by atoms with E-state index in [-0.39, 0.29) is 5.69 Å². The summed E-state index contributed by atoms with van der Waals surface area (Å²) < 4.78 is 0. The number of anilines is 2. The Balaban J connectivity index is 2.28. The van der Waals surface area contributed by atoms with Gasteiger partial charge in [-0.05, 0) is 12.1 Å². The van der Waals surface area contributed by atoms with E-state index in [4.69, 9.17) is 5.73 Å². The van der Waals surface area contributed by atoms with Crippen molar-refractivity contribution in [3.63, 3.8) is 0 Å². The third-order valence-electron chi connectivity index (χ3n) is 2.43. The minimum Gasteiger partial charge on any atom is -0.340 e. The first-order valence-corrected chi connectivity index (χ1v) is 5.36. The molecule has 0 unspecified atom stereocenters. The summed E-state index contributed by atoms with van der Waals surface area (Å²) in [4.78, 5) is 14.4. The lowest BCUT2D eigenvalue weighted by Crippen LogP contribution is -2.03. The van der Waals surface area contributed by atoms with Crippen molar-refractivity contribution >= 4 is 17.2 Å². The number of nitro benzene ring substituents is 1. The van der Waals surface area contributed by atoms with Crippen LogP contribution in [-0.4, -0.2) is 9.91 Å². The van der Waals surface area contributed by atoms with Crippen LogP contribution in [0.25, 0.3) is 0 Å². The molecule has 0 aliphatic heterocycles. The van der Waals surface area contributed by atoms with Gasteiger partial charge in [0, 0.05) is 36.1 Å². The topological polar surface area (TPSA) is 94.1 Å². The highest BCUT2D eigenvalue weighted by molar-refractivity contribution is 5.61. The number of benzene rings is 1. The Hall–Kier alpha value is -2.47. The van der Waals surface area contributed by atoms with Crippen molar-refractivity contribution in [3.8, 4) is 0 Å². The van der Waals surface area contributed by atoms with Crippen molar-refractivity contribution < 1.29 is 4.92 Å². The van der Waals surface area contributed by atoms with Crippen LogP contribution in [0.5, 0.6) is 0 Å². The number of nitrogens with zero attached hydrogens (tertiary/aromatic N) is 2. The van der Waals surface area contributed by atoms with Crippen LogP contribution in [0.2, 0.25) is 0 Å². The molecule has 1 aromatic heterocycles. The third-order valence-corrected chi connectivity index (χ3v) is 2.43. The molecular weight excluding hydrogens is 232 g/mol. The molecule has 1 aromatic carbocycles. The van der Waals surface area contributed by atoms with Gasteiger partial charge >= 0.3 is 0 Å². The van der Waals surface area contributed by atoms with Crippen LogP contribution in [0.4, 0.5) is 17.2 Å². The number of nitro groups is 1. The van der Waals surface area contributed by atoms with E-state index in [9.17, 15) is 10.1 Å². The molecule has 0 aliphatic carbocycles. The van der Waals surface area contributed by atoms with Crippen LogP contribution < -0.4 is 11.1 Å². The molecule has 0 aliphatic rings. The lowest BCUT2D eigenvalue weighted by atomic mass is 10.2. The van der Waals surface area contributed by atoms with Gasteiger partial charge in [0.15, 0.2) is 0 Å². The van der Waals surface area contributed by atoms with Crippen molar-refractivity contribution in [2.75, 3.05) is 5.32 Å². The second-order valence-corrected chi connectivity index (χ2v) is 3.65. The molecule has 6 nitrogen and oxygen atoms in total. The molecule has 0 atom stereocenters. The minimum absolute atomic E-state index is 0.0326. The van der Waals surface area contributed by atoms with Crippen LogP contribution in [0.15, 0.2) is 42.6 Å². The van der Waals surface area contributed by atoms with Gasteiger partial charge in [0.25, 0.3) is 5.69 Å². The van der Waals surface area contributed by atoms with Gasteiger partial charge in [0.1, 0.15) is 5.82 Å². The fourth-order valence-electron chi connectivity index (χ4n) is 1.55. The zero-order valence-electron chi connectivity index (χ0n) is 9.54. The molecule has 0 spiro atoms. The molecule has 18 heavy (non-hydrogen) atoms. The highest BCUT2D eigenvalue weighted by atomic mass is 16.6. The van der Waals surface area contributed by atoms with Crippen molar-refractivity contribution in [1.29, 1.82) is 0 Å². The Labute approximate surface area is 104 Å². The van der Waals surface area contributed by atoms with Gasteiger partial charge in [-0.15, -0.1) is 0 Å². The quantitative estimate of drug-likeness (QED) is 0.635. The van der Waals surface area contributed by atoms with E-state index < -0.39 is 4.92 Å². The molecule has 0 saturated heterocycles. The van der Waals surface area contributed by atoms with Gasteiger partial charge in [-0.2, -0.15) is 0 Å². The standard InChI is InChI=1S/C12H12N4O2/c13-8-9-3-2-6-14-12(9)15-10-4-1-5-11(7-10)16(17)18/h1-7H,8,13H2,(H,14,15). The smallest absolute Gasteiger partial charge is 0.271 e. The van der Waals surface area contributed by atoms with Crippen LogP contribution in [-0.2, 0) is 6.54 Å². The third kappa shape index (κ3) is 2.61. The lowest BCUT2D eigenvalue weighted by Gasteiger charge is -2.09. The van der Waals surface area contributed by atoms with Crippen molar-refractivity contribution in [3.05, 3.63) is 58.3 Å². The lowest BCUT2D eigenvalue weighted by molar-refractivity contribution is -0.384. The molecule has 0 bridgehead atoms. The van der Waals surface area contributed by atoms with Gasteiger partial charge in [-0.25, -0.2) is 4.98 Å². The Morgan fingerprint density at radius 3 is 2.89 bits per heavy atom. The fourth-order valence-corrected chi connectivity index (χ4v) is 1.55. The first kappa shape index (κ1) is 12.0. The van der Waals surface area contributed by atoms with E-state index in [1.165, 1.54) is 12.1 Å². The van der Waals surface area contributed by atoms with Crippen molar-refractivity contribution in [2.45, 2.75) is 6.54 Å². The van der Waals surface area contributed by atoms with Crippen molar-refractivity contribution in [2.24, 2.45) is 5.73 Å². The van der Waals surface area contributed by atoms with Gasteiger partial charge in [0.05, 0.1) is 4.92 Å². The van der Waals surface area contributed by atoms with Crippen LogP contribution >= 0.6 is 0 Å². The SMILES string of the molecule is NCc1cccnc1Nc1cccc([N+](=O)[O-])c1. The van der Waals surface area contributed by atoms with Gasteiger partial charge < -0.3 is 11.1 Å². The highest BCUT2D eigenvalue weighted by Gasteiger charge is 2.07. The van der Waals surface area contributed by atoms with Gasteiger partial charge in [0.2, 0.25) is 0 Å². The summed E-state index contributed by atoms with van der Waals surface area (Å²) in [6, 6.07) is 9.89. The Morgan fingerprint density at radius 1 is 1.33 bits per heavy atom. The maximum Gasteiger partial charge on any atom is 0.271 e. The van der Waals surface area contributed by atoms with Crippen LogP contribution in [0, 0.1) is 10.1 Å². The Bertz CT molecular complexity index is 572. The fraction of sp³-hybridized carbons (Fsp3) is 0.0833. The maximum atomic E-state index is 10.7. The number of nitrogens with one attached hydrogen (secondary N) is 1. The van der Waals surface area contributed by atoms with E-state index in [2.05, 4.69) is 10.3 Å². The molecule has 6 heteroatoms. The van der Waals surface area contributed by atoms with Gasteiger partial charge in [-0.3, -0.25) is 10.1 Å². The van der Waals surface area contributed by atoms with E-state index in [0.29, 0.717) is 18.1 Å². The first-order chi connectivity index (χ1) is 8.70. The highest BCUT2D eigenvalue weighted by Crippen LogP contribution is 2.21. The van der Waals surface area contributed by atoms with E-state index in [1.54, 1.807) is 24.4 Å². The zero-order chi connectivity index (χ0) is 13.0. The number of nitrogens with two attached hydrogens (primary N) is 1. The molecule has 92 valence electrons. The number of aromatic nitrogens is 1. The van der Waals surface area contributed by atoms with Crippen LogP contribution in [0.3, 0.4) is 0 Å². The Kier molecular flexibility index (Phi) is 3.49. The second-order valence-electron chi connectivity index (χ2n) is 3.65. The minimum atomic E-state index is -0.437. The summed E-state index contributed by atoms with van der Waals surface area (Å²) in [5.74, 6) is 0.612. The number of hydrogen-bond acceptors (Lipinski definition) is 5. The van der Waals surface area contributed by atoms with Gasteiger partial charge in [-0.1, -0.05) is 12.1 Å².